The Morgan fingerprint density at radius 1 is 1.25 bits per heavy atom. The molecule has 4 heavy (non-hydrogen) atoms. The van der Waals surface area contributed by atoms with Crippen LogP contribution in [0.5, 0.6) is 0 Å². The third-order valence-electron chi connectivity index (χ3n) is 0. The molecular weight excluding hydrogens is 143 g/mol. The van der Waals surface area contributed by atoms with Gasteiger partial charge >= 0.3 is 0 Å². The minimum atomic E-state index is 0. The van der Waals surface area contributed by atoms with E-state index in [1.54, 1.807) is 0 Å². The normalized spacial score (nSPS) is 1.00. The predicted molar refractivity (Wildman–Crippen MR) is 6.75 cm³/mol. The van der Waals surface area contributed by atoms with E-state index in [0.29, 0.717) is 0 Å². The maximum atomic E-state index is 7.75. The summed E-state index contributed by atoms with van der Waals surface area (Å²) in [7, 11) is 0. The fourth-order valence-electron chi connectivity index (χ4n) is 0. The minimum absolute atomic E-state index is 0. The molecular formula is CHFeNiO-. The fraction of sp³-hybridized carbons (Fsp3) is 0. The Morgan fingerprint density at radius 2 is 1.25 bits per heavy atom. The smallest absolute Gasteiger partial charge is 0 e. The Hall–Kier alpha value is 0.683. The van der Waals surface area contributed by atoms with Gasteiger partial charge in [-0.3, -0.25) is 6.79 Å². The van der Waals surface area contributed by atoms with Crippen molar-refractivity contribution in [2.45, 2.75) is 0 Å². The van der Waals surface area contributed by atoms with Crippen molar-refractivity contribution in [3.05, 3.63) is 0 Å². The van der Waals surface area contributed by atoms with E-state index in [1.165, 1.54) is 0 Å². The van der Waals surface area contributed by atoms with Crippen LogP contribution in [0.15, 0.2) is 0 Å². The zero-order valence-corrected chi connectivity index (χ0v) is 3.75. The summed E-state index contributed by atoms with van der Waals surface area (Å²) in [4.78, 5) is 7.75. The van der Waals surface area contributed by atoms with Gasteiger partial charge in [0, 0.05) is 33.6 Å². The van der Waals surface area contributed by atoms with Gasteiger partial charge in [0.05, 0.1) is 0 Å². The van der Waals surface area contributed by atoms with Crippen LogP contribution in [0.4, 0.5) is 0 Å². The van der Waals surface area contributed by atoms with Crippen LogP contribution in [-0.2, 0) is 38.4 Å². The van der Waals surface area contributed by atoms with Crippen LogP contribution in [-0.4, -0.2) is 6.79 Å². The summed E-state index contributed by atoms with van der Waals surface area (Å²) < 4.78 is 0. The molecule has 0 aliphatic heterocycles. The Kier molecular flexibility index (Phi) is 319. The Bertz CT molecular complexity index is 8.00. The van der Waals surface area contributed by atoms with E-state index in [9.17, 15) is 0 Å². The Morgan fingerprint density at radius 3 is 1.25 bits per heavy atom. The van der Waals surface area contributed by atoms with Crippen molar-refractivity contribution in [2.75, 3.05) is 0 Å². The number of carbonyl (C=O) groups excluding carboxylic acids is 1. The van der Waals surface area contributed by atoms with Crippen LogP contribution in [0.1, 0.15) is 0 Å². The van der Waals surface area contributed by atoms with Crippen molar-refractivity contribution in [1.82, 2.24) is 0 Å². The summed E-state index contributed by atoms with van der Waals surface area (Å²) in [5.41, 5.74) is 0. The first-order valence-electron chi connectivity index (χ1n) is 0.236. The molecule has 0 aliphatic carbocycles. The first-order chi connectivity index (χ1) is 1.00. The summed E-state index contributed by atoms with van der Waals surface area (Å²) in [5.74, 6) is 0. The minimum Gasteiger partial charge on any atom is -0.545 e. The molecule has 0 aromatic rings. The Labute approximate surface area is 45.5 Å². The predicted octanol–water partition coefficient (Wildman–Crippen LogP) is -0.279. The van der Waals surface area contributed by atoms with Gasteiger partial charge in [0.25, 0.3) is 0 Å². The molecule has 0 saturated heterocycles. The number of hydrogen-bond acceptors (Lipinski definition) is 1. The molecule has 0 fully saturated rings. The van der Waals surface area contributed by atoms with Crippen molar-refractivity contribution in [2.24, 2.45) is 0 Å². The van der Waals surface area contributed by atoms with Gasteiger partial charge < -0.3 is 4.79 Å². The average molecular weight is 144 g/mol. The maximum Gasteiger partial charge on any atom is 0 e. The van der Waals surface area contributed by atoms with Gasteiger partial charge in [-0.1, -0.05) is 0 Å². The molecule has 0 aliphatic rings. The zero-order chi connectivity index (χ0) is 2.00. The van der Waals surface area contributed by atoms with Gasteiger partial charge in [0.15, 0.2) is 0 Å². The van der Waals surface area contributed by atoms with Crippen LogP contribution in [0.25, 0.3) is 0 Å². The number of rotatable bonds is 0. The van der Waals surface area contributed by atoms with E-state index in [0.717, 1.165) is 0 Å². The molecule has 0 saturated carbocycles. The van der Waals surface area contributed by atoms with Crippen molar-refractivity contribution >= 4 is 6.79 Å². The standard InChI is InChI=1S/CHO.Fe.Ni/c1-2;;/h1H;;/q-1;;. The van der Waals surface area contributed by atoms with Gasteiger partial charge in [0.1, 0.15) is 0 Å². The molecule has 1 nitrogen and oxygen atoms in total. The first-order valence-corrected chi connectivity index (χ1v) is 0.236. The largest absolute Gasteiger partial charge is 0.545 e. The average Bonchev–Trinajstić information content (AvgIpc) is 1.00. The number of hydrogen-bond donors (Lipinski definition) is 0. The molecule has 0 aromatic carbocycles. The molecule has 3 heteroatoms. The van der Waals surface area contributed by atoms with Crippen molar-refractivity contribution in [3.63, 3.8) is 0 Å². The molecule has 0 amide bonds. The second kappa shape index (κ2) is 56.8. The van der Waals surface area contributed by atoms with Crippen LogP contribution < -0.4 is 0 Å². The molecule has 30 valence electrons. The molecule has 0 spiro atoms. The van der Waals surface area contributed by atoms with Crippen molar-refractivity contribution < 1.29 is 38.4 Å². The molecule has 0 radical (unpaired) electrons. The van der Waals surface area contributed by atoms with Gasteiger partial charge in [-0.05, 0) is 0 Å². The van der Waals surface area contributed by atoms with Gasteiger partial charge in [-0.25, -0.2) is 0 Å². The Balaban J connectivity index is -0.00000000500. The van der Waals surface area contributed by atoms with Crippen molar-refractivity contribution in [3.8, 4) is 0 Å². The fourth-order valence-corrected chi connectivity index (χ4v) is 0. The van der Waals surface area contributed by atoms with Gasteiger partial charge in [-0.2, -0.15) is 0 Å². The third-order valence-corrected chi connectivity index (χ3v) is 0. The van der Waals surface area contributed by atoms with Crippen molar-refractivity contribution in [1.29, 1.82) is 0 Å². The summed E-state index contributed by atoms with van der Waals surface area (Å²) in [6, 6.07) is 0. The quantitative estimate of drug-likeness (QED) is 0.259. The first kappa shape index (κ1) is 22.4. The summed E-state index contributed by atoms with van der Waals surface area (Å²) >= 11 is 0. The third kappa shape index (κ3) is 16.3. The SMILES string of the molecule is [CH-]=O.[Fe].[Ni]. The topological polar surface area (TPSA) is 17.1 Å². The summed E-state index contributed by atoms with van der Waals surface area (Å²) in [6.07, 6.45) is 0. The zero-order valence-electron chi connectivity index (χ0n) is 1.66. The molecule has 0 unspecified atom stereocenters. The van der Waals surface area contributed by atoms with E-state index < -0.39 is 0 Å². The second-order valence-electron chi connectivity index (χ2n) is 0. The molecule has 0 aromatic heterocycles. The van der Waals surface area contributed by atoms with E-state index in [2.05, 4.69) is 6.79 Å². The molecule has 0 rings (SSSR count). The maximum absolute atomic E-state index is 7.75. The van der Waals surface area contributed by atoms with E-state index in [-0.39, 0.29) is 33.6 Å². The van der Waals surface area contributed by atoms with E-state index in [1.807, 2.05) is 0 Å². The van der Waals surface area contributed by atoms with Crippen LogP contribution in [0, 0.1) is 0 Å². The second-order valence-corrected chi connectivity index (χ2v) is 0. The molecule has 0 bridgehead atoms. The van der Waals surface area contributed by atoms with Gasteiger partial charge in [0.2, 0.25) is 0 Å². The van der Waals surface area contributed by atoms with E-state index in [4.69, 9.17) is 4.79 Å². The molecule has 0 atom stereocenters. The monoisotopic (exact) mass is 143 g/mol. The summed E-state index contributed by atoms with van der Waals surface area (Å²) in [6.45, 7) is 3.25. The van der Waals surface area contributed by atoms with Crippen LogP contribution in [0.3, 0.4) is 0 Å². The molecule has 0 N–H and O–H groups in total. The molecule has 0 heterocycles. The summed E-state index contributed by atoms with van der Waals surface area (Å²) in [5, 5.41) is 0. The van der Waals surface area contributed by atoms with E-state index >= 15 is 0 Å². The van der Waals surface area contributed by atoms with Crippen LogP contribution >= 0.6 is 0 Å². The van der Waals surface area contributed by atoms with Gasteiger partial charge in [-0.15, -0.1) is 0 Å². The van der Waals surface area contributed by atoms with Crippen LogP contribution in [0.2, 0.25) is 0 Å².